The Morgan fingerprint density at radius 1 is 1.60 bits per heavy atom. The Morgan fingerprint density at radius 3 is 2.67 bits per heavy atom. The lowest BCUT2D eigenvalue weighted by atomic mass is 10.2. The number of methoxy groups -OCH3 is 1. The molecule has 1 saturated carbocycles. The quantitative estimate of drug-likeness (QED) is 0.314. The van der Waals surface area contributed by atoms with Crippen molar-refractivity contribution in [1.82, 2.24) is 4.90 Å². The maximum Gasteiger partial charge on any atom is 0.410 e. The third kappa shape index (κ3) is 3.00. The van der Waals surface area contributed by atoms with Gasteiger partial charge in [-0.3, -0.25) is 4.90 Å². The summed E-state index contributed by atoms with van der Waals surface area (Å²) in [5.74, 6) is 0.0206. The van der Waals surface area contributed by atoms with Crippen LogP contribution in [0.4, 0.5) is 4.79 Å². The van der Waals surface area contributed by atoms with Crippen LogP contribution in [0.15, 0.2) is 5.16 Å². The zero-order chi connectivity index (χ0) is 11.3. The standard InChI is InChI=1S/C9H17N3O3/c1-15-9(13)12(6-8(10)11-14)7-4-2-3-5-7/h7,14H,2-6H2,1H3,(H2,10,11). The van der Waals surface area contributed by atoms with Crippen molar-refractivity contribution in [2.24, 2.45) is 10.9 Å². The molecular formula is C9H17N3O3. The molecule has 0 heterocycles. The van der Waals surface area contributed by atoms with E-state index in [-0.39, 0.29) is 18.4 Å². The SMILES string of the molecule is COC(=O)N(CC(N)=NO)C1CCCC1. The molecule has 0 spiro atoms. The third-order valence-corrected chi connectivity index (χ3v) is 2.64. The van der Waals surface area contributed by atoms with E-state index in [0.717, 1.165) is 25.7 Å². The molecule has 0 aliphatic heterocycles. The van der Waals surface area contributed by atoms with Crippen LogP contribution in [0, 0.1) is 0 Å². The normalized spacial score (nSPS) is 17.8. The Hall–Kier alpha value is -1.46. The van der Waals surface area contributed by atoms with Crippen molar-refractivity contribution in [3.63, 3.8) is 0 Å². The van der Waals surface area contributed by atoms with Crippen LogP contribution >= 0.6 is 0 Å². The summed E-state index contributed by atoms with van der Waals surface area (Å²) in [5.41, 5.74) is 5.38. The predicted molar refractivity (Wildman–Crippen MR) is 54.8 cm³/mol. The molecule has 0 unspecified atom stereocenters. The van der Waals surface area contributed by atoms with E-state index in [4.69, 9.17) is 10.9 Å². The minimum absolute atomic E-state index is 0.0206. The van der Waals surface area contributed by atoms with Crippen molar-refractivity contribution in [3.8, 4) is 0 Å². The lowest BCUT2D eigenvalue weighted by Gasteiger charge is -2.26. The summed E-state index contributed by atoms with van der Waals surface area (Å²) >= 11 is 0. The second-order valence-electron chi connectivity index (χ2n) is 3.63. The summed E-state index contributed by atoms with van der Waals surface area (Å²) in [6.07, 6.45) is 3.69. The van der Waals surface area contributed by atoms with E-state index in [1.165, 1.54) is 12.0 Å². The van der Waals surface area contributed by atoms with E-state index in [0.29, 0.717) is 0 Å². The number of nitrogens with two attached hydrogens (primary N) is 1. The first-order valence-electron chi connectivity index (χ1n) is 5.00. The largest absolute Gasteiger partial charge is 0.453 e. The molecule has 0 aromatic heterocycles. The number of oxime groups is 1. The van der Waals surface area contributed by atoms with Crippen LogP contribution in [-0.2, 0) is 4.74 Å². The van der Waals surface area contributed by atoms with Crippen LogP contribution in [-0.4, -0.2) is 41.7 Å². The molecule has 0 saturated heterocycles. The highest BCUT2D eigenvalue weighted by atomic mass is 16.5. The van der Waals surface area contributed by atoms with Gasteiger partial charge in [0.1, 0.15) is 0 Å². The first-order valence-corrected chi connectivity index (χ1v) is 5.00. The zero-order valence-corrected chi connectivity index (χ0v) is 8.85. The molecule has 0 radical (unpaired) electrons. The first-order chi connectivity index (χ1) is 7.19. The molecule has 1 rings (SSSR count). The van der Waals surface area contributed by atoms with Gasteiger partial charge in [-0.25, -0.2) is 4.79 Å². The van der Waals surface area contributed by atoms with Crippen molar-refractivity contribution in [2.75, 3.05) is 13.7 Å². The third-order valence-electron chi connectivity index (χ3n) is 2.64. The summed E-state index contributed by atoms with van der Waals surface area (Å²) in [6.45, 7) is 0.119. The number of carbonyl (C=O) groups is 1. The van der Waals surface area contributed by atoms with Gasteiger partial charge in [-0.15, -0.1) is 0 Å². The van der Waals surface area contributed by atoms with E-state index in [2.05, 4.69) is 9.89 Å². The van der Waals surface area contributed by atoms with Gasteiger partial charge in [0, 0.05) is 6.04 Å². The molecule has 1 amide bonds. The highest BCUT2D eigenvalue weighted by Gasteiger charge is 2.27. The Morgan fingerprint density at radius 2 is 2.20 bits per heavy atom. The number of nitrogens with zero attached hydrogens (tertiary/aromatic N) is 2. The summed E-state index contributed by atoms with van der Waals surface area (Å²) in [4.78, 5) is 13.0. The van der Waals surface area contributed by atoms with Gasteiger partial charge in [-0.05, 0) is 12.8 Å². The van der Waals surface area contributed by atoms with Crippen molar-refractivity contribution in [1.29, 1.82) is 0 Å². The van der Waals surface area contributed by atoms with Gasteiger partial charge < -0.3 is 15.7 Å². The number of rotatable bonds is 3. The summed E-state index contributed by atoms with van der Waals surface area (Å²) < 4.78 is 4.66. The fraction of sp³-hybridized carbons (Fsp3) is 0.778. The average molecular weight is 215 g/mol. The molecule has 6 heteroatoms. The molecule has 0 atom stereocenters. The number of amides is 1. The summed E-state index contributed by atoms with van der Waals surface area (Å²) in [7, 11) is 1.33. The lowest BCUT2D eigenvalue weighted by molar-refractivity contribution is 0.113. The Balaban J connectivity index is 2.63. The van der Waals surface area contributed by atoms with Crippen LogP contribution in [0.25, 0.3) is 0 Å². The Kier molecular flexibility index (Phi) is 4.20. The highest BCUT2D eigenvalue weighted by molar-refractivity contribution is 5.85. The number of hydrogen-bond donors (Lipinski definition) is 2. The molecule has 0 aromatic carbocycles. The maximum atomic E-state index is 11.5. The molecule has 0 aromatic rings. The smallest absolute Gasteiger partial charge is 0.410 e. The Labute approximate surface area is 88.7 Å². The van der Waals surface area contributed by atoms with Gasteiger partial charge in [-0.1, -0.05) is 18.0 Å². The van der Waals surface area contributed by atoms with Crippen LogP contribution < -0.4 is 5.73 Å². The van der Waals surface area contributed by atoms with Gasteiger partial charge in [-0.2, -0.15) is 0 Å². The number of hydrogen-bond acceptors (Lipinski definition) is 4. The van der Waals surface area contributed by atoms with Gasteiger partial charge in [0.05, 0.1) is 13.7 Å². The second-order valence-corrected chi connectivity index (χ2v) is 3.63. The molecule has 15 heavy (non-hydrogen) atoms. The van der Waals surface area contributed by atoms with E-state index in [1.807, 2.05) is 0 Å². The van der Waals surface area contributed by atoms with E-state index < -0.39 is 6.09 Å². The maximum absolute atomic E-state index is 11.5. The summed E-state index contributed by atoms with van der Waals surface area (Å²) in [5, 5.41) is 11.3. The van der Waals surface area contributed by atoms with Crippen LogP contribution in [0.3, 0.4) is 0 Å². The van der Waals surface area contributed by atoms with Crippen molar-refractivity contribution in [3.05, 3.63) is 0 Å². The van der Waals surface area contributed by atoms with Crippen LogP contribution in [0.1, 0.15) is 25.7 Å². The minimum Gasteiger partial charge on any atom is -0.453 e. The van der Waals surface area contributed by atoms with Crippen LogP contribution in [0.5, 0.6) is 0 Å². The molecule has 0 bridgehead atoms. The van der Waals surface area contributed by atoms with Gasteiger partial charge in [0.25, 0.3) is 0 Å². The second kappa shape index (κ2) is 5.43. The van der Waals surface area contributed by atoms with E-state index in [1.54, 1.807) is 0 Å². The predicted octanol–water partition coefficient (Wildman–Crippen LogP) is 0.744. The first kappa shape index (κ1) is 11.6. The number of amidine groups is 1. The fourth-order valence-electron chi connectivity index (χ4n) is 1.88. The van der Waals surface area contributed by atoms with Crippen molar-refractivity contribution >= 4 is 11.9 Å². The minimum atomic E-state index is -0.423. The topological polar surface area (TPSA) is 88.2 Å². The monoisotopic (exact) mass is 215 g/mol. The number of carbonyl (C=O) groups excluding carboxylic acids is 1. The van der Waals surface area contributed by atoms with Gasteiger partial charge in [0.15, 0.2) is 5.84 Å². The van der Waals surface area contributed by atoms with E-state index in [9.17, 15) is 4.79 Å². The Bertz CT molecular complexity index is 249. The summed E-state index contributed by atoms with van der Waals surface area (Å²) in [6, 6.07) is 0.151. The average Bonchev–Trinajstić information content (AvgIpc) is 2.77. The lowest BCUT2D eigenvalue weighted by Crippen LogP contribution is -2.44. The highest BCUT2D eigenvalue weighted by Crippen LogP contribution is 2.23. The molecule has 3 N–H and O–H groups in total. The van der Waals surface area contributed by atoms with Gasteiger partial charge >= 0.3 is 6.09 Å². The van der Waals surface area contributed by atoms with Crippen molar-refractivity contribution in [2.45, 2.75) is 31.7 Å². The molecule has 1 aliphatic carbocycles. The molecular weight excluding hydrogens is 198 g/mol. The van der Waals surface area contributed by atoms with Gasteiger partial charge in [0.2, 0.25) is 0 Å². The zero-order valence-electron chi connectivity index (χ0n) is 8.85. The molecule has 86 valence electrons. The van der Waals surface area contributed by atoms with E-state index >= 15 is 0 Å². The molecule has 6 nitrogen and oxygen atoms in total. The fourth-order valence-corrected chi connectivity index (χ4v) is 1.88. The van der Waals surface area contributed by atoms with Crippen molar-refractivity contribution < 1.29 is 14.7 Å². The van der Waals surface area contributed by atoms with Crippen LogP contribution in [0.2, 0.25) is 0 Å². The number of ether oxygens (including phenoxy) is 1. The molecule has 1 fully saturated rings. The molecule has 1 aliphatic rings.